The fourth-order valence-corrected chi connectivity index (χ4v) is 6.30. The van der Waals surface area contributed by atoms with Crippen LogP contribution in [0.15, 0.2) is 34.9 Å². The first-order valence-electron chi connectivity index (χ1n) is 9.92. The number of aromatic nitrogens is 1. The second-order valence-electron chi connectivity index (χ2n) is 8.93. The highest BCUT2D eigenvalue weighted by molar-refractivity contribution is 6.00. The lowest BCUT2D eigenvalue weighted by atomic mass is 9.49. The van der Waals surface area contributed by atoms with Gasteiger partial charge >= 0.3 is 0 Å². The first-order chi connectivity index (χ1) is 12.6. The van der Waals surface area contributed by atoms with E-state index in [-0.39, 0.29) is 5.91 Å². The van der Waals surface area contributed by atoms with E-state index in [2.05, 4.69) is 10.5 Å². The number of carbonyl (C=O) groups excluding carboxylic acids is 1. The number of nitrogens with one attached hydrogen (secondary N) is 1. The van der Waals surface area contributed by atoms with Crippen LogP contribution in [0.4, 0.5) is 0 Å². The third kappa shape index (κ3) is 2.67. The van der Waals surface area contributed by atoms with Crippen LogP contribution in [0, 0.1) is 30.1 Å². The molecule has 1 aromatic carbocycles. The molecule has 4 aliphatic carbocycles. The Bertz CT molecular complexity index is 789. The third-order valence-electron chi connectivity index (χ3n) is 6.93. The SMILES string of the molecule is Cc1onc(-c2ccccc2)c1C(=O)NCC12CC3CC(CC(C3)C1)C2. The van der Waals surface area contributed by atoms with Gasteiger partial charge in [0.15, 0.2) is 0 Å². The van der Waals surface area contributed by atoms with Crippen molar-refractivity contribution in [2.45, 2.75) is 45.4 Å². The highest BCUT2D eigenvalue weighted by Crippen LogP contribution is 2.59. The zero-order chi connectivity index (χ0) is 17.7. The first-order valence-corrected chi connectivity index (χ1v) is 9.92. The predicted molar refractivity (Wildman–Crippen MR) is 99.6 cm³/mol. The molecule has 4 bridgehead atoms. The zero-order valence-corrected chi connectivity index (χ0v) is 15.3. The molecule has 0 aliphatic heterocycles. The summed E-state index contributed by atoms with van der Waals surface area (Å²) in [5.41, 5.74) is 2.49. The van der Waals surface area contributed by atoms with Gasteiger partial charge in [0.2, 0.25) is 0 Å². The zero-order valence-electron chi connectivity index (χ0n) is 15.3. The van der Waals surface area contributed by atoms with E-state index in [9.17, 15) is 4.79 Å². The maximum Gasteiger partial charge on any atom is 0.257 e. The molecule has 4 nitrogen and oxygen atoms in total. The minimum absolute atomic E-state index is 0.0432. The van der Waals surface area contributed by atoms with E-state index in [1.165, 1.54) is 38.5 Å². The summed E-state index contributed by atoms with van der Waals surface area (Å²) >= 11 is 0. The second kappa shape index (κ2) is 5.97. The number of hydrogen-bond acceptors (Lipinski definition) is 3. The molecule has 0 radical (unpaired) electrons. The maximum atomic E-state index is 13.0. The van der Waals surface area contributed by atoms with E-state index in [0.29, 0.717) is 22.4 Å². The molecule has 6 rings (SSSR count). The molecule has 4 heteroatoms. The van der Waals surface area contributed by atoms with Crippen molar-refractivity contribution in [3.05, 3.63) is 41.7 Å². The van der Waals surface area contributed by atoms with Crippen molar-refractivity contribution in [2.24, 2.45) is 23.2 Å². The molecule has 0 unspecified atom stereocenters. The third-order valence-corrected chi connectivity index (χ3v) is 6.93. The number of carbonyl (C=O) groups is 1. The Morgan fingerprint density at radius 3 is 2.35 bits per heavy atom. The lowest BCUT2D eigenvalue weighted by Gasteiger charge is -2.56. The maximum absolute atomic E-state index is 13.0. The highest BCUT2D eigenvalue weighted by atomic mass is 16.5. The van der Waals surface area contributed by atoms with E-state index in [1.807, 2.05) is 37.3 Å². The summed E-state index contributed by atoms with van der Waals surface area (Å²) in [6, 6.07) is 9.80. The Hall–Kier alpha value is -2.10. The minimum atomic E-state index is -0.0432. The van der Waals surface area contributed by atoms with Gasteiger partial charge in [0.25, 0.3) is 5.91 Å². The molecule has 136 valence electrons. The van der Waals surface area contributed by atoms with E-state index in [1.54, 1.807) is 0 Å². The highest BCUT2D eigenvalue weighted by Gasteiger charge is 2.50. The summed E-state index contributed by atoms with van der Waals surface area (Å²) in [7, 11) is 0. The molecule has 0 spiro atoms. The normalized spacial score (nSPS) is 32.0. The molecule has 4 fully saturated rings. The van der Waals surface area contributed by atoms with Crippen molar-refractivity contribution in [2.75, 3.05) is 6.54 Å². The monoisotopic (exact) mass is 350 g/mol. The number of benzene rings is 1. The van der Waals surface area contributed by atoms with Crippen LogP contribution in [0.3, 0.4) is 0 Å². The van der Waals surface area contributed by atoms with E-state index < -0.39 is 0 Å². The van der Waals surface area contributed by atoms with Gasteiger partial charge in [-0.15, -0.1) is 0 Å². The van der Waals surface area contributed by atoms with Gasteiger partial charge < -0.3 is 9.84 Å². The molecule has 1 amide bonds. The number of rotatable bonds is 4. The van der Waals surface area contributed by atoms with Gasteiger partial charge in [-0.3, -0.25) is 4.79 Å². The van der Waals surface area contributed by atoms with E-state index in [0.717, 1.165) is 29.9 Å². The largest absolute Gasteiger partial charge is 0.360 e. The van der Waals surface area contributed by atoms with Gasteiger partial charge in [-0.25, -0.2) is 0 Å². The molecule has 4 aliphatic rings. The van der Waals surface area contributed by atoms with Crippen molar-refractivity contribution >= 4 is 5.91 Å². The summed E-state index contributed by atoms with van der Waals surface area (Å²) < 4.78 is 5.36. The van der Waals surface area contributed by atoms with Gasteiger partial charge in [-0.1, -0.05) is 35.5 Å². The van der Waals surface area contributed by atoms with Crippen LogP contribution in [0.5, 0.6) is 0 Å². The van der Waals surface area contributed by atoms with Crippen molar-refractivity contribution in [3.8, 4) is 11.3 Å². The Balaban J connectivity index is 1.35. The first kappa shape index (κ1) is 16.1. The molecule has 2 aromatic rings. The molecule has 1 heterocycles. The summed E-state index contributed by atoms with van der Waals surface area (Å²) in [4.78, 5) is 13.0. The molecular weight excluding hydrogens is 324 g/mol. The topological polar surface area (TPSA) is 55.1 Å². The second-order valence-corrected chi connectivity index (χ2v) is 8.93. The molecular formula is C22H26N2O2. The fraction of sp³-hybridized carbons (Fsp3) is 0.545. The van der Waals surface area contributed by atoms with Gasteiger partial charge in [0.05, 0.1) is 0 Å². The molecule has 1 N–H and O–H groups in total. The Labute approximate surface area is 154 Å². The molecule has 1 aromatic heterocycles. The Kier molecular flexibility index (Phi) is 3.70. The predicted octanol–water partition coefficient (Wildman–Crippen LogP) is 4.60. The molecule has 0 saturated heterocycles. The minimum Gasteiger partial charge on any atom is -0.360 e. The average Bonchev–Trinajstić information content (AvgIpc) is 3.01. The van der Waals surface area contributed by atoms with Crippen molar-refractivity contribution in [1.29, 1.82) is 0 Å². The van der Waals surface area contributed by atoms with Gasteiger partial charge in [0, 0.05) is 12.1 Å². The van der Waals surface area contributed by atoms with Gasteiger partial charge in [0.1, 0.15) is 17.0 Å². The Morgan fingerprint density at radius 2 is 1.73 bits per heavy atom. The number of nitrogens with zero attached hydrogens (tertiary/aromatic N) is 1. The van der Waals surface area contributed by atoms with Gasteiger partial charge in [-0.05, 0) is 68.6 Å². The van der Waals surface area contributed by atoms with Crippen LogP contribution in [0.2, 0.25) is 0 Å². The molecule has 26 heavy (non-hydrogen) atoms. The van der Waals surface area contributed by atoms with Crippen molar-refractivity contribution in [3.63, 3.8) is 0 Å². The van der Waals surface area contributed by atoms with Crippen LogP contribution >= 0.6 is 0 Å². The van der Waals surface area contributed by atoms with Crippen LogP contribution in [-0.2, 0) is 0 Å². The number of hydrogen-bond donors (Lipinski definition) is 1. The standard InChI is InChI=1S/C22H26N2O2/c1-14-19(20(24-26-14)18-5-3-2-4-6-18)21(25)23-13-22-10-15-7-16(11-22)9-17(8-15)12-22/h2-6,15-17H,7-13H2,1H3,(H,23,25). The smallest absolute Gasteiger partial charge is 0.257 e. The molecule has 0 atom stereocenters. The quantitative estimate of drug-likeness (QED) is 0.877. The summed E-state index contributed by atoms with van der Waals surface area (Å²) in [6.45, 7) is 2.62. The Morgan fingerprint density at radius 1 is 1.12 bits per heavy atom. The van der Waals surface area contributed by atoms with Crippen LogP contribution in [-0.4, -0.2) is 17.6 Å². The number of aryl methyl sites for hydroxylation is 1. The fourth-order valence-electron chi connectivity index (χ4n) is 6.30. The van der Waals surface area contributed by atoms with Crippen LogP contribution < -0.4 is 5.32 Å². The summed E-state index contributed by atoms with van der Waals surface area (Å²) in [6.07, 6.45) is 8.18. The summed E-state index contributed by atoms with van der Waals surface area (Å²) in [5, 5.41) is 7.40. The van der Waals surface area contributed by atoms with E-state index in [4.69, 9.17) is 4.52 Å². The average molecular weight is 350 g/mol. The van der Waals surface area contributed by atoms with Crippen LogP contribution in [0.25, 0.3) is 11.3 Å². The lowest BCUT2D eigenvalue weighted by Crippen LogP contribution is -2.51. The van der Waals surface area contributed by atoms with E-state index >= 15 is 0 Å². The van der Waals surface area contributed by atoms with Gasteiger partial charge in [-0.2, -0.15) is 0 Å². The molecule has 4 saturated carbocycles. The number of amides is 1. The lowest BCUT2D eigenvalue weighted by molar-refractivity contribution is -0.0503. The summed E-state index contributed by atoms with van der Waals surface area (Å²) in [5.74, 6) is 3.24. The van der Waals surface area contributed by atoms with Crippen molar-refractivity contribution < 1.29 is 9.32 Å². The van der Waals surface area contributed by atoms with Crippen LogP contribution in [0.1, 0.15) is 54.6 Å². The van der Waals surface area contributed by atoms with Crippen molar-refractivity contribution in [1.82, 2.24) is 10.5 Å².